The van der Waals surface area contributed by atoms with Gasteiger partial charge < -0.3 is 36.9 Å². The number of carbonyl (C=O) groups is 5. The second-order valence-corrected chi connectivity index (χ2v) is 9.33. The molecule has 2 aromatic rings. The van der Waals surface area contributed by atoms with Gasteiger partial charge in [-0.15, -0.1) is 0 Å². The average Bonchev–Trinajstić information content (AvgIpc) is 3.35. The van der Waals surface area contributed by atoms with Crippen molar-refractivity contribution in [3.63, 3.8) is 0 Å². The molecule has 0 radical (unpaired) electrons. The number of hydrogen-bond donors (Lipinski definition) is 7. The Labute approximate surface area is 219 Å². The molecule has 0 fully saturated rings. The number of aliphatic carboxylic acids is 2. The Hall–Kier alpha value is -4.26. The fourth-order valence-electron chi connectivity index (χ4n) is 3.68. The topological polar surface area (TPSA) is 217 Å². The summed E-state index contributed by atoms with van der Waals surface area (Å²) in [5.41, 5.74) is 6.85. The van der Waals surface area contributed by atoms with Crippen molar-refractivity contribution in [3.05, 3.63) is 54.1 Å². The third-order valence-electron chi connectivity index (χ3n) is 5.58. The van der Waals surface area contributed by atoms with E-state index < -0.39 is 60.2 Å². The number of aromatic nitrogens is 2. The lowest BCUT2D eigenvalue weighted by Gasteiger charge is -2.26. The largest absolute Gasteiger partial charge is 0.481 e. The van der Waals surface area contributed by atoms with Crippen LogP contribution in [0.5, 0.6) is 0 Å². The molecule has 13 heteroatoms. The van der Waals surface area contributed by atoms with Crippen LogP contribution in [-0.4, -0.2) is 74.0 Å². The molecule has 1 heterocycles. The van der Waals surface area contributed by atoms with E-state index in [4.69, 9.17) is 10.8 Å². The van der Waals surface area contributed by atoms with E-state index in [0.29, 0.717) is 11.3 Å². The molecule has 0 saturated heterocycles. The SMILES string of the molecule is CC(C)CC(NC(=O)C(Cc1cnc[nH]1)NC(=O)C(N)CC(=O)O)C(=O)NC(Cc1ccccc1)C(=O)O. The first-order valence-corrected chi connectivity index (χ1v) is 12.1. The molecule has 4 atom stereocenters. The minimum absolute atomic E-state index is 0.0425. The number of amides is 3. The molecule has 0 bridgehead atoms. The summed E-state index contributed by atoms with van der Waals surface area (Å²) in [4.78, 5) is 68.3. The number of aromatic amines is 1. The summed E-state index contributed by atoms with van der Waals surface area (Å²) in [6, 6.07) is 3.85. The van der Waals surface area contributed by atoms with Gasteiger partial charge in [0.1, 0.15) is 18.1 Å². The van der Waals surface area contributed by atoms with E-state index in [-0.39, 0.29) is 25.2 Å². The third-order valence-corrected chi connectivity index (χ3v) is 5.58. The first-order valence-electron chi connectivity index (χ1n) is 12.1. The lowest BCUT2D eigenvalue weighted by atomic mass is 10.0. The second-order valence-electron chi connectivity index (χ2n) is 9.33. The molecule has 8 N–H and O–H groups in total. The van der Waals surface area contributed by atoms with Gasteiger partial charge in [0, 0.05) is 24.7 Å². The predicted octanol–water partition coefficient (Wildman–Crippen LogP) is -0.418. The molecule has 4 unspecified atom stereocenters. The van der Waals surface area contributed by atoms with Crippen LogP contribution in [0, 0.1) is 5.92 Å². The fraction of sp³-hybridized carbons (Fsp3) is 0.440. The zero-order chi connectivity index (χ0) is 28.2. The third kappa shape index (κ3) is 10.0. The van der Waals surface area contributed by atoms with Crippen molar-refractivity contribution in [1.82, 2.24) is 25.9 Å². The molecular formula is C25H34N6O7. The van der Waals surface area contributed by atoms with E-state index >= 15 is 0 Å². The number of carbonyl (C=O) groups excluding carboxylic acids is 3. The second kappa shape index (κ2) is 14.5. The maximum absolute atomic E-state index is 13.2. The molecule has 0 spiro atoms. The minimum atomic E-state index is -1.39. The summed E-state index contributed by atoms with van der Waals surface area (Å²) in [6.07, 6.45) is 2.39. The van der Waals surface area contributed by atoms with Gasteiger partial charge >= 0.3 is 11.9 Å². The molecule has 0 saturated carbocycles. The first-order chi connectivity index (χ1) is 18.0. The van der Waals surface area contributed by atoms with E-state index in [1.807, 2.05) is 13.8 Å². The Morgan fingerprint density at radius 3 is 2.05 bits per heavy atom. The lowest BCUT2D eigenvalue weighted by molar-refractivity contribution is -0.142. The standard InChI is InChI=1S/C25H34N6O7/c1-14(2)8-18(23(35)31-20(25(37)38)9-15-6-4-3-5-7-15)30-24(36)19(10-16-12-27-13-28-16)29-22(34)17(26)11-21(32)33/h3-7,12-14,17-20H,8-11,26H2,1-2H3,(H,27,28)(H,29,34)(H,30,36)(H,31,35)(H,32,33)(H,37,38). The van der Waals surface area contributed by atoms with Gasteiger partial charge in [-0.3, -0.25) is 19.2 Å². The Morgan fingerprint density at radius 2 is 1.50 bits per heavy atom. The molecule has 1 aromatic carbocycles. The molecule has 0 aliphatic rings. The summed E-state index contributed by atoms with van der Waals surface area (Å²) in [7, 11) is 0. The number of nitrogens with zero attached hydrogens (tertiary/aromatic N) is 1. The summed E-state index contributed by atoms with van der Waals surface area (Å²) >= 11 is 0. The van der Waals surface area contributed by atoms with Crippen LogP contribution in [0.3, 0.4) is 0 Å². The minimum Gasteiger partial charge on any atom is -0.481 e. The van der Waals surface area contributed by atoms with E-state index in [1.54, 1.807) is 30.3 Å². The van der Waals surface area contributed by atoms with Gasteiger partial charge in [-0.05, 0) is 17.9 Å². The maximum Gasteiger partial charge on any atom is 0.326 e. The van der Waals surface area contributed by atoms with Crippen LogP contribution in [0.25, 0.3) is 0 Å². The van der Waals surface area contributed by atoms with Crippen molar-refractivity contribution >= 4 is 29.7 Å². The normalized spacial score (nSPS) is 14.1. The van der Waals surface area contributed by atoms with Crippen molar-refractivity contribution < 1.29 is 34.2 Å². The van der Waals surface area contributed by atoms with Crippen LogP contribution >= 0.6 is 0 Å². The Morgan fingerprint density at radius 1 is 0.895 bits per heavy atom. The number of nitrogens with two attached hydrogens (primary N) is 1. The van der Waals surface area contributed by atoms with Gasteiger partial charge in [-0.1, -0.05) is 44.2 Å². The summed E-state index contributed by atoms with van der Waals surface area (Å²) in [5, 5.41) is 26.1. The molecule has 3 amide bonds. The molecule has 2 rings (SSSR count). The quantitative estimate of drug-likeness (QED) is 0.159. The Balaban J connectivity index is 2.18. The summed E-state index contributed by atoms with van der Waals surface area (Å²) in [5.74, 6) is -4.83. The van der Waals surface area contributed by atoms with Crippen molar-refractivity contribution in [1.29, 1.82) is 0 Å². The smallest absolute Gasteiger partial charge is 0.326 e. The average molecular weight is 531 g/mol. The van der Waals surface area contributed by atoms with Gasteiger partial charge in [0.2, 0.25) is 17.7 Å². The van der Waals surface area contributed by atoms with E-state index in [2.05, 4.69) is 25.9 Å². The number of nitrogens with one attached hydrogen (secondary N) is 4. The van der Waals surface area contributed by atoms with E-state index in [9.17, 15) is 29.1 Å². The monoisotopic (exact) mass is 530 g/mol. The first kappa shape index (κ1) is 30.0. The van der Waals surface area contributed by atoms with Crippen molar-refractivity contribution in [2.45, 2.75) is 63.7 Å². The highest BCUT2D eigenvalue weighted by Crippen LogP contribution is 2.09. The highest BCUT2D eigenvalue weighted by Gasteiger charge is 2.31. The number of carboxylic acids is 2. The number of H-pyrrole nitrogens is 1. The zero-order valence-corrected chi connectivity index (χ0v) is 21.2. The van der Waals surface area contributed by atoms with Crippen molar-refractivity contribution in [3.8, 4) is 0 Å². The highest BCUT2D eigenvalue weighted by molar-refractivity contribution is 5.94. The van der Waals surface area contributed by atoms with Crippen molar-refractivity contribution in [2.75, 3.05) is 0 Å². The number of benzene rings is 1. The highest BCUT2D eigenvalue weighted by atomic mass is 16.4. The van der Waals surface area contributed by atoms with Crippen LogP contribution in [-0.2, 0) is 36.8 Å². The molecule has 38 heavy (non-hydrogen) atoms. The van der Waals surface area contributed by atoms with Crippen LogP contribution < -0.4 is 21.7 Å². The van der Waals surface area contributed by atoms with Crippen LogP contribution in [0.1, 0.15) is 37.9 Å². The summed E-state index contributed by atoms with van der Waals surface area (Å²) < 4.78 is 0. The van der Waals surface area contributed by atoms with E-state index in [0.717, 1.165) is 0 Å². The molecule has 13 nitrogen and oxygen atoms in total. The molecule has 1 aromatic heterocycles. The van der Waals surface area contributed by atoms with Crippen LogP contribution in [0.2, 0.25) is 0 Å². The number of carboxylic acid groups (broad SMARTS) is 2. The van der Waals surface area contributed by atoms with Gasteiger partial charge in [0.05, 0.1) is 18.8 Å². The lowest BCUT2D eigenvalue weighted by Crippen LogP contribution is -2.58. The Bertz CT molecular complexity index is 1090. The molecule has 0 aliphatic heterocycles. The van der Waals surface area contributed by atoms with Gasteiger partial charge in [0.15, 0.2) is 0 Å². The Kier molecular flexibility index (Phi) is 11.4. The van der Waals surface area contributed by atoms with E-state index in [1.165, 1.54) is 12.5 Å². The molecule has 0 aliphatic carbocycles. The van der Waals surface area contributed by atoms with Crippen molar-refractivity contribution in [2.24, 2.45) is 11.7 Å². The van der Waals surface area contributed by atoms with Crippen LogP contribution in [0.4, 0.5) is 0 Å². The van der Waals surface area contributed by atoms with Gasteiger partial charge in [-0.25, -0.2) is 9.78 Å². The summed E-state index contributed by atoms with van der Waals surface area (Å²) in [6.45, 7) is 3.67. The number of rotatable bonds is 15. The van der Waals surface area contributed by atoms with Gasteiger partial charge in [0.25, 0.3) is 0 Å². The number of imidazole rings is 1. The number of hydrogen-bond acceptors (Lipinski definition) is 7. The fourth-order valence-corrected chi connectivity index (χ4v) is 3.68. The van der Waals surface area contributed by atoms with Crippen LogP contribution in [0.15, 0.2) is 42.9 Å². The predicted molar refractivity (Wildman–Crippen MR) is 136 cm³/mol. The molecule has 206 valence electrons. The molecular weight excluding hydrogens is 496 g/mol. The maximum atomic E-state index is 13.2. The zero-order valence-electron chi connectivity index (χ0n) is 21.2. The van der Waals surface area contributed by atoms with Gasteiger partial charge in [-0.2, -0.15) is 0 Å².